The maximum Gasteiger partial charge on any atom is 0.264 e. The number of anilines is 1. The van der Waals surface area contributed by atoms with Crippen molar-refractivity contribution in [3.8, 4) is 5.75 Å². The third-order valence-electron chi connectivity index (χ3n) is 4.71. The zero-order valence-electron chi connectivity index (χ0n) is 17.7. The van der Waals surface area contributed by atoms with E-state index >= 15 is 0 Å². The lowest BCUT2D eigenvalue weighted by Crippen LogP contribution is -2.41. The fourth-order valence-corrected chi connectivity index (χ4v) is 4.45. The van der Waals surface area contributed by atoms with E-state index in [0.29, 0.717) is 11.4 Å². The highest BCUT2D eigenvalue weighted by molar-refractivity contribution is 7.92. The number of carbonyl (C=O) groups is 1. The molecule has 7 nitrogen and oxygen atoms in total. The molecule has 3 rings (SSSR count). The Morgan fingerprint density at radius 3 is 2.42 bits per heavy atom. The van der Waals surface area contributed by atoms with Crippen molar-refractivity contribution in [2.75, 3.05) is 18.0 Å². The molecule has 0 unspecified atom stereocenters. The number of rotatable bonds is 8. The number of hydrogen-bond donors (Lipinski definition) is 1. The minimum atomic E-state index is -4.02. The summed E-state index contributed by atoms with van der Waals surface area (Å²) in [4.78, 5) is 16.9. The highest BCUT2D eigenvalue weighted by Crippen LogP contribution is 2.33. The molecule has 1 heterocycles. The van der Waals surface area contributed by atoms with E-state index in [4.69, 9.17) is 4.74 Å². The normalized spacial score (nSPS) is 11.1. The summed E-state index contributed by atoms with van der Waals surface area (Å²) < 4.78 is 33.5. The third kappa shape index (κ3) is 5.40. The zero-order chi connectivity index (χ0) is 22.4. The fraction of sp³-hybridized carbons (Fsp3) is 0.217. The maximum atomic E-state index is 13.5. The van der Waals surface area contributed by atoms with Crippen LogP contribution in [0.1, 0.15) is 16.7 Å². The number of ether oxygens (including phenoxy) is 1. The number of aromatic nitrogens is 1. The van der Waals surface area contributed by atoms with Gasteiger partial charge in [-0.2, -0.15) is 0 Å². The standard InChI is InChI=1S/C23H25N3O4S/c1-17-6-9-20(10-7-17)31(28,29)26(21-13-18(2)8-11-22(21)30-3)16-23(27)25-15-19-5-4-12-24-14-19/h4-14H,15-16H2,1-3H3,(H,25,27). The number of amides is 1. The largest absolute Gasteiger partial charge is 0.495 e. The van der Waals surface area contributed by atoms with E-state index in [-0.39, 0.29) is 11.4 Å². The van der Waals surface area contributed by atoms with Crippen molar-refractivity contribution in [3.05, 3.63) is 83.7 Å². The molecule has 0 saturated carbocycles. The quantitative estimate of drug-likeness (QED) is 0.582. The van der Waals surface area contributed by atoms with E-state index in [1.165, 1.54) is 19.2 Å². The molecule has 2 aromatic carbocycles. The van der Waals surface area contributed by atoms with Gasteiger partial charge in [0.2, 0.25) is 5.91 Å². The molecule has 1 N–H and O–H groups in total. The molecule has 0 spiro atoms. The van der Waals surface area contributed by atoms with Gasteiger partial charge in [-0.05, 0) is 55.3 Å². The molecule has 162 valence electrons. The number of methoxy groups -OCH3 is 1. The summed E-state index contributed by atoms with van der Waals surface area (Å²) in [6.45, 7) is 3.58. The fourth-order valence-electron chi connectivity index (χ4n) is 3.02. The summed E-state index contributed by atoms with van der Waals surface area (Å²) in [6, 6.07) is 15.3. The number of sulfonamides is 1. The molecular weight excluding hydrogens is 414 g/mol. The van der Waals surface area contributed by atoms with Crippen molar-refractivity contribution in [1.29, 1.82) is 0 Å². The van der Waals surface area contributed by atoms with Crippen molar-refractivity contribution in [1.82, 2.24) is 10.3 Å². The Morgan fingerprint density at radius 2 is 1.77 bits per heavy atom. The predicted molar refractivity (Wildman–Crippen MR) is 120 cm³/mol. The molecule has 0 radical (unpaired) electrons. The van der Waals surface area contributed by atoms with Crippen LogP contribution in [0.3, 0.4) is 0 Å². The van der Waals surface area contributed by atoms with E-state index in [2.05, 4.69) is 10.3 Å². The van der Waals surface area contributed by atoms with Crippen molar-refractivity contribution in [3.63, 3.8) is 0 Å². The van der Waals surface area contributed by atoms with Crippen LogP contribution in [0.15, 0.2) is 71.9 Å². The molecule has 0 saturated heterocycles. The van der Waals surface area contributed by atoms with E-state index < -0.39 is 22.5 Å². The van der Waals surface area contributed by atoms with Crippen LogP contribution in [0.5, 0.6) is 5.75 Å². The van der Waals surface area contributed by atoms with Crippen molar-refractivity contribution in [2.45, 2.75) is 25.3 Å². The third-order valence-corrected chi connectivity index (χ3v) is 6.49. The number of carbonyl (C=O) groups excluding carboxylic acids is 1. The Balaban J connectivity index is 1.95. The first-order chi connectivity index (χ1) is 14.8. The topological polar surface area (TPSA) is 88.6 Å². The molecule has 1 aromatic heterocycles. The molecule has 0 bridgehead atoms. The zero-order valence-corrected chi connectivity index (χ0v) is 18.5. The smallest absolute Gasteiger partial charge is 0.264 e. The van der Waals surface area contributed by atoms with Gasteiger partial charge in [0.25, 0.3) is 10.0 Å². The van der Waals surface area contributed by atoms with Crippen molar-refractivity contribution in [2.24, 2.45) is 0 Å². The lowest BCUT2D eigenvalue weighted by molar-refractivity contribution is -0.119. The van der Waals surface area contributed by atoms with Crippen LogP contribution in [0.25, 0.3) is 0 Å². The molecule has 1 amide bonds. The van der Waals surface area contributed by atoms with E-state index in [1.807, 2.05) is 26.0 Å². The lowest BCUT2D eigenvalue weighted by atomic mass is 10.2. The van der Waals surface area contributed by atoms with Gasteiger partial charge in [-0.3, -0.25) is 14.1 Å². The summed E-state index contributed by atoms with van der Waals surface area (Å²) >= 11 is 0. The van der Waals surface area contributed by atoms with Crippen LogP contribution in [0, 0.1) is 13.8 Å². The first kappa shape index (κ1) is 22.3. The maximum absolute atomic E-state index is 13.5. The molecule has 3 aromatic rings. The first-order valence-electron chi connectivity index (χ1n) is 9.71. The number of nitrogens with one attached hydrogen (secondary N) is 1. The predicted octanol–water partition coefficient (Wildman–Crippen LogP) is 3.22. The molecular formula is C23H25N3O4S. The van der Waals surface area contributed by atoms with Crippen LogP contribution < -0.4 is 14.4 Å². The average molecular weight is 440 g/mol. The monoisotopic (exact) mass is 439 g/mol. The summed E-state index contributed by atoms with van der Waals surface area (Å²) in [7, 11) is -2.55. The Hall–Kier alpha value is -3.39. The number of nitrogens with zero attached hydrogens (tertiary/aromatic N) is 2. The average Bonchev–Trinajstić information content (AvgIpc) is 2.77. The molecule has 0 atom stereocenters. The molecule has 0 fully saturated rings. The van der Waals surface area contributed by atoms with E-state index in [9.17, 15) is 13.2 Å². The Bertz CT molecular complexity index is 1150. The highest BCUT2D eigenvalue weighted by Gasteiger charge is 2.29. The van der Waals surface area contributed by atoms with Gasteiger partial charge in [-0.15, -0.1) is 0 Å². The van der Waals surface area contributed by atoms with Gasteiger partial charge in [0.15, 0.2) is 0 Å². The second kappa shape index (κ2) is 9.61. The van der Waals surface area contributed by atoms with Crippen molar-refractivity contribution < 1.29 is 17.9 Å². The first-order valence-corrected chi connectivity index (χ1v) is 11.1. The number of hydrogen-bond acceptors (Lipinski definition) is 5. The van der Waals surface area contributed by atoms with E-state index in [0.717, 1.165) is 21.0 Å². The van der Waals surface area contributed by atoms with Gasteiger partial charge in [0.05, 0.1) is 17.7 Å². The molecule has 0 aliphatic rings. The molecule has 31 heavy (non-hydrogen) atoms. The van der Waals surface area contributed by atoms with Crippen molar-refractivity contribution >= 4 is 21.6 Å². The molecule has 8 heteroatoms. The van der Waals surface area contributed by atoms with Gasteiger partial charge in [0, 0.05) is 18.9 Å². The number of aryl methyl sites for hydroxylation is 2. The number of pyridine rings is 1. The van der Waals surface area contributed by atoms with Crippen LogP contribution in [0.4, 0.5) is 5.69 Å². The van der Waals surface area contributed by atoms with Crippen LogP contribution >= 0.6 is 0 Å². The van der Waals surface area contributed by atoms with Gasteiger partial charge in [-0.1, -0.05) is 29.8 Å². The molecule has 0 aliphatic heterocycles. The minimum Gasteiger partial charge on any atom is -0.495 e. The van der Waals surface area contributed by atoms with Gasteiger partial charge in [-0.25, -0.2) is 8.42 Å². The van der Waals surface area contributed by atoms with Crippen LogP contribution in [-0.4, -0.2) is 33.0 Å². The Morgan fingerprint density at radius 1 is 1.06 bits per heavy atom. The summed E-state index contributed by atoms with van der Waals surface area (Å²) in [6.07, 6.45) is 3.29. The summed E-state index contributed by atoms with van der Waals surface area (Å²) in [5.74, 6) is -0.0792. The highest BCUT2D eigenvalue weighted by atomic mass is 32.2. The summed E-state index contributed by atoms with van der Waals surface area (Å²) in [5.41, 5.74) is 2.90. The second-order valence-corrected chi connectivity index (χ2v) is 9.00. The van der Waals surface area contributed by atoms with Gasteiger partial charge in [0.1, 0.15) is 12.3 Å². The Labute approximate surface area is 182 Å². The Kier molecular flexibility index (Phi) is 6.91. The molecule has 0 aliphatic carbocycles. The second-order valence-electron chi connectivity index (χ2n) is 7.14. The van der Waals surface area contributed by atoms with Gasteiger partial charge < -0.3 is 10.1 Å². The SMILES string of the molecule is COc1ccc(C)cc1N(CC(=O)NCc1cccnc1)S(=O)(=O)c1ccc(C)cc1. The van der Waals surface area contributed by atoms with E-state index in [1.54, 1.807) is 42.7 Å². The van der Waals surface area contributed by atoms with Crippen LogP contribution in [-0.2, 0) is 21.4 Å². The van der Waals surface area contributed by atoms with Crippen LogP contribution in [0.2, 0.25) is 0 Å². The summed E-state index contributed by atoms with van der Waals surface area (Å²) in [5, 5.41) is 2.76. The minimum absolute atomic E-state index is 0.0988. The number of benzene rings is 2. The van der Waals surface area contributed by atoms with Gasteiger partial charge >= 0.3 is 0 Å². The lowest BCUT2D eigenvalue weighted by Gasteiger charge is -2.26.